The summed E-state index contributed by atoms with van der Waals surface area (Å²) in [4.78, 5) is 15.2. The molecule has 0 spiro atoms. The molecule has 0 saturated carbocycles. The van der Waals surface area contributed by atoms with E-state index in [0.29, 0.717) is 21.9 Å². The van der Waals surface area contributed by atoms with Gasteiger partial charge >= 0.3 is 0 Å². The van der Waals surface area contributed by atoms with E-state index in [1.54, 1.807) is 42.6 Å². The highest BCUT2D eigenvalue weighted by Crippen LogP contribution is 2.25. The first-order valence-electron chi connectivity index (χ1n) is 5.48. The lowest BCUT2D eigenvalue weighted by Crippen LogP contribution is -2.23. The standard InChI is InChI=1S/C13H8ClN3O2/c14-9-5-3-8(4-6-9)12-11(13(18)19)16-10-2-1-7-15-17(10)12/h1-7H,(H,18,19)/p-1. The third-order valence-electron chi connectivity index (χ3n) is 2.70. The monoisotopic (exact) mass is 272 g/mol. The van der Waals surface area contributed by atoms with Gasteiger partial charge < -0.3 is 9.90 Å². The predicted octanol–water partition coefficient (Wildman–Crippen LogP) is 1.41. The zero-order valence-corrected chi connectivity index (χ0v) is 10.3. The van der Waals surface area contributed by atoms with Crippen LogP contribution in [0.4, 0.5) is 0 Å². The Balaban J connectivity index is 2.34. The molecule has 1 aromatic carbocycles. The average Bonchev–Trinajstić information content (AvgIpc) is 2.79. The molecule has 3 rings (SSSR count). The lowest BCUT2D eigenvalue weighted by atomic mass is 10.1. The number of rotatable bonds is 2. The van der Waals surface area contributed by atoms with Crippen LogP contribution in [0.15, 0.2) is 42.6 Å². The van der Waals surface area contributed by atoms with Crippen LogP contribution in [0.5, 0.6) is 0 Å². The van der Waals surface area contributed by atoms with Crippen molar-refractivity contribution in [3.63, 3.8) is 0 Å². The molecule has 0 atom stereocenters. The van der Waals surface area contributed by atoms with E-state index >= 15 is 0 Å². The van der Waals surface area contributed by atoms with Crippen molar-refractivity contribution in [1.29, 1.82) is 0 Å². The maximum atomic E-state index is 11.2. The summed E-state index contributed by atoms with van der Waals surface area (Å²) >= 11 is 5.83. The molecule has 2 heterocycles. The molecule has 0 bridgehead atoms. The minimum Gasteiger partial charge on any atom is -0.543 e. The zero-order chi connectivity index (χ0) is 13.4. The second-order valence-corrected chi connectivity index (χ2v) is 4.33. The van der Waals surface area contributed by atoms with Crippen molar-refractivity contribution in [2.75, 3.05) is 0 Å². The second-order valence-electron chi connectivity index (χ2n) is 3.90. The Labute approximate surface area is 113 Å². The van der Waals surface area contributed by atoms with Crippen molar-refractivity contribution in [2.24, 2.45) is 0 Å². The Morgan fingerprint density at radius 1 is 1.21 bits per heavy atom. The van der Waals surface area contributed by atoms with Crippen LogP contribution in [0, 0.1) is 0 Å². The summed E-state index contributed by atoms with van der Waals surface area (Å²) in [7, 11) is 0. The van der Waals surface area contributed by atoms with E-state index in [-0.39, 0.29) is 5.69 Å². The number of imidazole rings is 1. The number of halogens is 1. The second kappa shape index (κ2) is 4.37. The Morgan fingerprint density at radius 3 is 2.63 bits per heavy atom. The third kappa shape index (κ3) is 1.94. The smallest absolute Gasteiger partial charge is 0.155 e. The number of nitrogens with zero attached hydrogens (tertiary/aromatic N) is 3. The Morgan fingerprint density at radius 2 is 1.95 bits per heavy atom. The van der Waals surface area contributed by atoms with E-state index < -0.39 is 5.97 Å². The Hall–Kier alpha value is -2.40. The first kappa shape index (κ1) is 11.7. The molecule has 2 aromatic heterocycles. The van der Waals surface area contributed by atoms with Gasteiger partial charge in [-0.2, -0.15) is 5.10 Å². The van der Waals surface area contributed by atoms with Gasteiger partial charge in [-0.15, -0.1) is 0 Å². The highest BCUT2D eigenvalue weighted by molar-refractivity contribution is 6.30. The topological polar surface area (TPSA) is 70.3 Å². The van der Waals surface area contributed by atoms with Crippen molar-refractivity contribution in [1.82, 2.24) is 14.6 Å². The quantitative estimate of drug-likeness (QED) is 0.707. The average molecular weight is 273 g/mol. The number of carbonyl (C=O) groups excluding carboxylic acids is 1. The predicted molar refractivity (Wildman–Crippen MR) is 67.8 cm³/mol. The first-order chi connectivity index (χ1) is 9.16. The van der Waals surface area contributed by atoms with Crippen LogP contribution < -0.4 is 5.11 Å². The summed E-state index contributed by atoms with van der Waals surface area (Å²) in [5.41, 5.74) is 1.36. The van der Waals surface area contributed by atoms with Gasteiger partial charge in [-0.1, -0.05) is 23.7 Å². The van der Waals surface area contributed by atoms with Gasteiger partial charge in [0.1, 0.15) is 11.4 Å². The molecule has 0 aliphatic carbocycles. The van der Waals surface area contributed by atoms with E-state index in [0.717, 1.165) is 0 Å². The molecule has 0 aliphatic rings. The fourth-order valence-electron chi connectivity index (χ4n) is 1.90. The fourth-order valence-corrected chi connectivity index (χ4v) is 2.02. The van der Waals surface area contributed by atoms with Gasteiger partial charge in [0.25, 0.3) is 0 Å². The molecule has 6 heteroatoms. The number of carbonyl (C=O) groups is 1. The zero-order valence-electron chi connectivity index (χ0n) is 9.58. The molecule has 94 valence electrons. The molecule has 0 amide bonds. The number of fused-ring (bicyclic) bond motifs is 1. The van der Waals surface area contributed by atoms with Gasteiger partial charge in [-0.3, -0.25) is 0 Å². The van der Waals surface area contributed by atoms with Gasteiger partial charge in [-0.05, 0) is 24.3 Å². The molecule has 3 aromatic rings. The number of hydrogen-bond donors (Lipinski definition) is 0. The molecule has 19 heavy (non-hydrogen) atoms. The van der Waals surface area contributed by atoms with Crippen molar-refractivity contribution >= 4 is 23.2 Å². The summed E-state index contributed by atoms with van der Waals surface area (Å²) in [6.45, 7) is 0. The number of carboxylic acid groups (broad SMARTS) is 1. The molecule has 0 fully saturated rings. The number of benzene rings is 1. The lowest BCUT2D eigenvalue weighted by molar-refractivity contribution is -0.255. The molecule has 0 N–H and O–H groups in total. The first-order valence-corrected chi connectivity index (χ1v) is 5.85. The molecule has 0 radical (unpaired) electrons. The van der Waals surface area contributed by atoms with E-state index in [2.05, 4.69) is 10.1 Å². The van der Waals surface area contributed by atoms with Crippen LogP contribution in [0.1, 0.15) is 10.5 Å². The summed E-state index contributed by atoms with van der Waals surface area (Å²) in [6.07, 6.45) is 1.56. The van der Waals surface area contributed by atoms with Gasteiger partial charge in [0, 0.05) is 16.8 Å². The van der Waals surface area contributed by atoms with Crippen LogP contribution in [-0.2, 0) is 0 Å². The highest BCUT2D eigenvalue weighted by Gasteiger charge is 2.15. The SMILES string of the molecule is O=C([O-])c1nc2cccnn2c1-c1ccc(Cl)cc1. The summed E-state index contributed by atoms with van der Waals surface area (Å²) in [5.74, 6) is -1.34. The van der Waals surface area contributed by atoms with Gasteiger partial charge in [0.2, 0.25) is 0 Å². The molecule has 0 aliphatic heterocycles. The van der Waals surface area contributed by atoms with Crippen molar-refractivity contribution in [3.05, 3.63) is 53.3 Å². The van der Waals surface area contributed by atoms with Crippen LogP contribution in [0.2, 0.25) is 5.02 Å². The highest BCUT2D eigenvalue weighted by atomic mass is 35.5. The molecule has 5 nitrogen and oxygen atoms in total. The van der Waals surface area contributed by atoms with Gasteiger partial charge in [-0.25, -0.2) is 9.50 Å². The van der Waals surface area contributed by atoms with Crippen LogP contribution in [-0.4, -0.2) is 20.6 Å². The van der Waals surface area contributed by atoms with Crippen LogP contribution >= 0.6 is 11.6 Å². The Bertz CT molecular complexity index is 765. The van der Waals surface area contributed by atoms with Crippen molar-refractivity contribution in [3.8, 4) is 11.3 Å². The third-order valence-corrected chi connectivity index (χ3v) is 2.96. The number of aromatic carboxylic acids is 1. The molecular formula is C13H7ClN3O2-. The van der Waals surface area contributed by atoms with E-state index in [4.69, 9.17) is 11.6 Å². The summed E-state index contributed by atoms with van der Waals surface area (Å²) in [5, 5.41) is 15.9. The van der Waals surface area contributed by atoms with E-state index in [1.165, 1.54) is 4.52 Å². The number of aromatic nitrogens is 3. The minimum absolute atomic E-state index is 0.138. The molecule has 0 saturated heterocycles. The van der Waals surface area contributed by atoms with Crippen LogP contribution in [0.25, 0.3) is 16.9 Å². The van der Waals surface area contributed by atoms with Crippen molar-refractivity contribution in [2.45, 2.75) is 0 Å². The van der Waals surface area contributed by atoms with Gasteiger partial charge in [0.05, 0.1) is 5.97 Å². The minimum atomic E-state index is -1.34. The van der Waals surface area contributed by atoms with E-state index in [9.17, 15) is 9.90 Å². The maximum absolute atomic E-state index is 11.2. The van der Waals surface area contributed by atoms with Gasteiger partial charge in [0.15, 0.2) is 5.65 Å². The maximum Gasteiger partial charge on any atom is 0.155 e. The van der Waals surface area contributed by atoms with Crippen LogP contribution in [0.3, 0.4) is 0 Å². The normalized spacial score (nSPS) is 10.8. The van der Waals surface area contributed by atoms with Crippen molar-refractivity contribution < 1.29 is 9.90 Å². The Kier molecular flexibility index (Phi) is 2.68. The summed E-state index contributed by atoms with van der Waals surface area (Å²) in [6, 6.07) is 10.2. The number of carboxylic acids is 1. The fraction of sp³-hybridized carbons (Fsp3) is 0. The largest absolute Gasteiger partial charge is 0.543 e. The molecular weight excluding hydrogens is 266 g/mol. The lowest BCUT2D eigenvalue weighted by Gasteiger charge is -2.05. The summed E-state index contributed by atoms with van der Waals surface area (Å²) < 4.78 is 1.47. The van der Waals surface area contributed by atoms with E-state index in [1.807, 2.05) is 0 Å². The number of hydrogen-bond acceptors (Lipinski definition) is 4. The molecule has 0 unspecified atom stereocenters.